The summed E-state index contributed by atoms with van der Waals surface area (Å²) in [5.74, 6) is 0.426. The van der Waals surface area contributed by atoms with Gasteiger partial charge in [0.1, 0.15) is 0 Å². The van der Waals surface area contributed by atoms with Gasteiger partial charge in [0.05, 0.1) is 23.7 Å². The van der Waals surface area contributed by atoms with Crippen molar-refractivity contribution in [3.05, 3.63) is 39.9 Å². The molecule has 4 rings (SSSR count). The summed E-state index contributed by atoms with van der Waals surface area (Å²) < 4.78 is 5.83. The molecule has 120 valence electrons. The van der Waals surface area contributed by atoms with Crippen LogP contribution in [0.15, 0.2) is 24.3 Å². The third-order valence-electron chi connectivity index (χ3n) is 5.13. The van der Waals surface area contributed by atoms with E-state index in [2.05, 4.69) is 17.1 Å². The fourth-order valence-electron chi connectivity index (χ4n) is 4.11. The van der Waals surface area contributed by atoms with E-state index in [1.54, 1.807) is 12.1 Å². The van der Waals surface area contributed by atoms with E-state index >= 15 is 0 Å². The number of rotatable bonds is 2. The molecular weight excluding hydrogens is 330 g/mol. The molecule has 9 heteroatoms. The van der Waals surface area contributed by atoms with Gasteiger partial charge in [-0.25, -0.2) is 4.99 Å². The number of fused-ring (bicyclic) bond motifs is 2. The van der Waals surface area contributed by atoms with E-state index in [0.29, 0.717) is 17.9 Å². The van der Waals surface area contributed by atoms with E-state index < -0.39 is 26.7 Å². The lowest BCUT2D eigenvalue weighted by Gasteiger charge is -2.23. The number of non-ortho nitro benzene ring substituents is 1. The molecule has 2 heterocycles. The van der Waals surface area contributed by atoms with Crippen molar-refractivity contribution in [3.63, 3.8) is 0 Å². The second-order valence-corrected chi connectivity index (χ2v) is 7.25. The third kappa shape index (κ3) is 1.36. The number of ether oxygens (including phenoxy) is 1. The van der Waals surface area contributed by atoms with Gasteiger partial charge in [-0.05, 0) is 5.56 Å². The Morgan fingerprint density at radius 1 is 1.38 bits per heavy atom. The number of hydrogen-bond donors (Lipinski definition) is 2. The maximum Gasteiger partial charge on any atom is 0.277 e. The number of nitrogens with two attached hydrogens (primary N) is 1. The van der Waals surface area contributed by atoms with Gasteiger partial charge < -0.3 is 4.74 Å². The minimum Gasteiger partial charge on any atom is -0.327 e. The zero-order valence-corrected chi connectivity index (χ0v) is 13.2. The van der Waals surface area contributed by atoms with Gasteiger partial charge in [-0.2, -0.15) is 10.5 Å². The molecule has 0 amide bonds. The van der Waals surface area contributed by atoms with Gasteiger partial charge >= 0.3 is 0 Å². The van der Waals surface area contributed by atoms with Crippen molar-refractivity contribution < 1.29 is 14.7 Å². The lowest BCUT2D eigenvalue weighted by molar-refractivity contribution is -0.583. The monoisotopic (exact) mass is 342 g/mol. The Kier molecular flexibility index (Phi) is 2.78. The molecule has 1 saturated carbocycles. The van der Waals surface area contributed by atoms with Crippen LogP contribution in [0.25, 0.3) is 0 Å². The third-order valence-corrected chi connectivity index (χ3v) is 6.45. The largest absolute Gasteiger partial charge is 0.327 e. The van der Waals surface area contributed by atoms with Gasteiger partial charge in [-0.15, -0.1) is 0 Å². The minimum atomic E-state index is -1.20. The number of nitrogens with one attached hydrogen (secondary N) is 1. The first-order valence-corrected chi connectivity index (χ1v) is 8.23. The predicted molar refractivity (Wildman–Crippen MR) is 83.2 cm³/mol. The Morgan fingerprint density at radius 3 is 2.58 bits per heavy atom. The SMILES string of the molecule is N#C[C@@]12[C@H](c3ccc([N+](=O)[O-])cc3)[C@]1(C#N)C(N)=[NH+][C@@]21OCCS1. The van der Waals surface area contributed by atoms with Crippen LogP contribution >= 0.6 is 11.8 Å². The van der Waals surface area contributed by atoms with Crippen molar-refractivity contribution in [2.45, 2.75) is 11.0 Å². The Morgan fingerprint density at radius 2 is 2.08 bits per heavy atom. The average Bonchev–Trinajstić information content (AvgIpc) is 2.84. The summed E-state index contributed by atoms with van der Waals surface area (Å²) in [5, 5.41) is 29.6. The lowest BCUT2D eigenvalue weighted by atomic mass is 9.95. The molecule has 4 atom stereocenters. The number of nitro benzene ring substituents is 1. The van der Waals surface area contributed by atoms with Crippen LogP contribution in [0.4, 0.5) is 5.69 Å². The van der Waals surface area contributed by atoms with Crippen molar-refractivity contribution in [1.82, 2.24) is 0 Å². The Labute approximate surface area is 141 Å². The Bertz CT molecular complexity index is 865. The van der Waals surface area contributed by atoms with E-state index in [4.69, 9.17) is 10.5 Å². The van der Waals surface area contributed by atoms with E-state index in [0.717, 1.165) is 0 Å². The number of nitrogens with zero attached hydrogens (tertiary/aromatic N) is 3. The first-order chi connectivity index (χ1) is 11.5. The highest BCUT2D eigenvalue weighted by Crippen LogP contribution is 2.80. The van der Waals surface area contributed by atoms with Crippen molar-refractivity contribution in [2.24, 2.45) is 16.6 Å². The molecule has 1 aromatic rings. The molecule has 1 saturated heterocycles. The van der Waals surface area contributed by atoms with Gasteiger partial charge in [0, 0.05) is 23.8 Å². The van der Waals surface area contributed by atoms with E-state index in [-0.39, 0.29) is 11.5 Å². The molecule has 3 N–H and O–H groups in total. The van der Waals surface area contributed by atoms with Crippen LogP contribution in [0.5, 0.6) is 0 Å². The number of thioether (sulfide) groups is 1. The molecule has 2 fully saturated rings. The first kappa shape index (κ1) is 14.9. The zero-order valence-electron chi connectivity index (χ0n) is 12.4. The van der Waals surface area contributed by atoms with Gasteiger partial charge in [0.2, 0.25) is 0 Å². The summed E-state index contributed by atoms with van der Waals surface area (Å²) in [7, 11) is 0. The fourth-order valence-corrected chi connectivity index (χ4v) is 5.46. The normalized spacial score (nSPS) is 38.9. The summed E-state index contributed by atoms with van der Waals surface area (Å²) in [6.07, 6.45) is 0. The maximum atomic E-state index is 10.8. The van der Waals surface area contributed by atoms with E-state index in [1.807, 2.05) is 0 Å². The fraction of sp³-hybridized carbons (Fsp3) is 0.400. The highest BCUT2D eigenvalue weighted by Gasteiger charge is 2.96. The van der Waals surface area contributed by atoms with Crippen LogP contribution in [0.3, 0.4) is 0 Å². The first-order valence-electron chi connectivity index (χ1n) is 7.25. The number of nitro groups is 1. The maximum absolute atomic E-state index is 10.8. The van der Waals surface area contributed by atoms with Crippen molar-refractivity contribution in [2.75, 3.05) is 12.4 Å². The van der Waals surface area contributed by atoms with Gasteiger partial charge in [-0.3, -0.25) is 15.8 Å². The average molecular weight is 342 g/mol. The Balaban J connectivity index is 1.86. The quantitative estimate of drug-likeness (QED) is 0.549. The number of benzene rings is 1. The minimum absolute atomic E-state index is 0.0437. The van der Waals surface area contributed by atoms with Crippen molar-refractivity contribution in [1.29, 1.82) is 10.5 Å². The number of amidine groups is 1. The highest BCUT2D eigenvalue weighted by molar-refractivity contribution is 8.00. The van der Waals surface area contributed by atoms with Gasteiger partial charge in [0.15, 0.2) is 10.8 Å². The van der Waals surface area contributed by atoms with Gasteiger partial charge in [0.25, 0.3) is 16.6 Å². The molecule has 0 radical (unpaired) electrons. The van der Waals surface area contributed by atoms with Crippen molar-refractivity contribution in [3.8, 4) is 12.1 Å². The zero-order chi connectivity index (χ0) is 17.2. The lowest BCUT2D eigenvalue weighted by Crippen LogP contribution is -2.88. The van der Waals surface area contributed by atoms with Crippen molar-refractivity contribution >= 4 is 23.3 Å². The van der Waals surface area contributed by atoms with Crippen LogP contribution in [-0.4, -0.2) is 28.2 Å². The molecule has 0 unspecified atom stereocenters. The summed E-state index contributed by atoms with van der Waals surface area (Å²) >= 11 is 1.43. The molecule has 3 aliphatic rings. The molecule has 2 aliphatic heterocycles. The van der Waals surface area contributed by atoms with E-state index in [1.165, 1.54) is 23.9 Å². The molecule has 1 aromatic carbocycles. The smallest absolute Gasteiger partial charge is 0.277 e. The van der Waals surface area contributed by atoms with Crippen LogP contribution in [0.1, 0.15) is 11.5 Å². The van der Waals surface area contributed by atoms with Gasteiger partial charge in [-0.1, -0.05) is 23.9 Å². The standard InChI is InChI=1S/C15H11N5O3S/c16-7-13-11(9-1-3-10(4-2-9)20(21)22)14(13,8-17)15(19-12(13)18)23-5-6-24-15/h1-4,11H,5-6H2,(H2,18,19)/p+1/t11-,13-,14-,15-/m1/s1. The number of hydrogen-bond acceptors (Lipinski definition) is 7. The molecule has 1 spiro atoms. The van der Waals surface area contributed by atoms with Crippen LogP contribution < -0.4 is 10.7 Å². The predicted octanol–water partition coefficient (Wildman–Crippen LogP) is -0.419. The van der Waals surface area contributed by atoms with Crippen LogP contribution in [0.2, 0.25) is 0 Å². The van der Waals surface area contributed by atoms with E-state index in [9.17, 15) is 20.6 Å². The highest BCUT2D eigenvalue weighted by atomic mass is 32.2. The summed E-state index contributed by atoms with van der Waals surface area (Å²) in [6, 6.07) is 10.4. The molecule has 24 heavy (non-hydrogen) atoms. The summed E-state index contributed by atoms with van der Waals surface area (Å²) in [4.78, 5) is 13.4. The molecular formula is C15H12N5O3S+. The molecule has 8 nitrogen and oxygen atoms in total. The molecule has 0 bridgehead atoms. The van der Waals surface area contributed by atoms with Crippen LogP contribution in [0, 0.1) is 43.6 Å². The molecule has 1 aliphatic carbocycles. The topological polar surface area (TPSA) is 140 Å². The van der Waals surface area contributed by atoms with Crippen LogP contribution in [-0.2, 0) is 4.74 Å². The number of nitriles is 2. The summed E-state index contributed by atoms with van der Waals surface area (Å²) in [6.45, 7) is 0.461. The second kappa shape index (κ2) is 4.47. The second-order valence-electron chi connectivity index (χ2n) is 5.97. The molecule has 0 aromatic heterocycles. The summed E-state index contributed by atoms with van der Waals surface area (Å²) in [5.41, 5.74) is 4.39. The Hall–Kier alpha value is -2.62.